The molecular weight excluding hydrogens is 464 g/mol. The van der Waals surface area contributed by atoms with Gasteiger partial charge < -0.3 is 16.0 Å². The maximum absolute atomic E-state index is 13.9. The smallest absolute Gasteiger partial charge is 0.373 e. The monoisotopic (exact) mass is 478 g/mol. The summed E-state index contributed by atoms with van der Waals surface area (Å²) in [5, 5.41) is 7.88. The molecule has 33 heavy (non-hydrogen) atoms. The number of nitrogens with one attached hydrogen (secondary N) is 3. The highest BCUT2D eigenvalue weighted by atomic mass is 35.5. The number of hydrogen-bond acceptors (Lipinski definition) is 4. The van der Waals surface area contributed by atoms with E-state index >= 15 is 0 Å². The van der Waals surface area contributed by atoms with Gasteiger partial charge in [0.2, 0.25) is 0 Å². The summed E-state index contributed by atoms with van der Waals surface area (Å²) in [4.78, 5) is 29.2. The Labute approximate surface area is 190 Å². The van der Waals surface area contributed by atoms with Crippen LogP contribution in [0.15, 0.2) is 48.5 Å². The lowest BCUT2D eigenvalue weighted by molar-refractivity contribution is -0.137. The predicted octanol–water partition coefficient (Wildman–Crippen LogP) is 5.02. The average molecular weight is 479 g/mol. The topological polar surface area (TPSA) is 83.1 Å². The van der Waals surface area contributed by atoms with E-state index in [9.17, 15) is 27.2 Å². The number of pyridine rings is 1. The minimum absolute atomic E-state index is 0.144. The summed E-state index contributed by atoms with van der Waals surface area (Å²) in [6.45, 7) is 0. The van der Waals surface area contributed by atoms with Crippen molar-refractivity contribution in [3.63, 3.8) is 0 Å². The number of aromatic nitrogens is 1. The van der Waals surface area contributed by atoms with Gasteiger partial charge in [-0.05, 0) is 42.5 Å². The van der Waals surface area contributed by atoms with Crippen molar-refractivity contribution in [2.24, 2.45) is 0 Å². The van der Waals surface area contributed by atoms with Gasteiger partial charge in [0.1, 0.15) is 17.3 Å². The minimum atomic E-state index is -4.69. The zero-order chi connectivity index (χ0) is 23.9. The molecule has 2 heterocycles. The van der Waals surface area contributed by atoms with Gasteiger partial charge >= 0.3 is 6.18 Å². The van der Waals surface area contributed by atoms with E-state index in [1.807, 2.05) is 0 Å². The van der Waals surface area contributed by atoms with Gasteiger partial charge in [0.05, 0.1) is 11.6 Å². The van der Waals surface area contributed by atoms with Crippen molar-refractivity contribution in [3.8, 4) is 0 Å². The van der Waals surface area contributed by atoms with Crippen LogP contribution in [0.5, 0.6) is 0 Å². The third-order valence-corrected chi connectivity index (χ3v) is 5.42. The van der Waals surface area contributed by atoms with Gasteiger partial charge in [-0.15, -0.1) is 0 Å². The summed E-state index contributed by atoms with van der Waals surface area (Å²) in [5.74, 6) is -2.11. The molecule has 170 valence electrons. The van der Waals surface area contributed by atoms with Crippen molar-refractivity contribution in [2.45, 2.75) is 12.2 Å². The molecule has 0 aliphatic carbocycles. The molecule has 0 fully saturated rings. The second-order valence-electron chi connectivity index (χ2n) is 7.17. The normalized spacial score (nSPS) is 15.1. The standard InChI is InChI=1S/C22H15ClF4N4O2/c1-28-17-8-10(22(25,26)27)7-16(29-17)21(33)30-15-4-2-3-12-18(15)19(31-20(12)32)13-9-11(24)5-6-14(13)23/h2-9,19H,1H3,(H,28,29)(H,30,33)(H,31,32). The predicted molar refractivity (Wildman–Crippen MR) is 114 cm³/mol. The van der Waals surface area contributed by atoms with Crippen LogP contribution in [-0.4, -0.2) is 23.8 Å². The maximum Gasteiger partial charge on any atom is 0.416 e. The molecule has 0 spiro atoms. The molecule has 2 amide bonds. The maximum atomic E-state index is 13.9. The fraction of sp³-hybridized carbons (Fsp3) is 0.136. The van der Waals surface area contributed by atoms with E-state index < -0.39 is 41.1 Å². The van der Waals surface area contributed by atoms with Gasteiger partial charge in [0, 0.05) is 34.4 Å². The quantitative estimate of drug-likeness (QED) is 0.460. The van der Waals surface area contributed by atoms with Crippen molar-refractivity contribution in [1.29, 1.82) is 0 Å². The number of nitrogens with zero attached hydrogens (tertiary/aromatic N) is 1. The SMILES string of the molecule is CNc1cc(C(F)(F)F)cc(C(=O)Nc2cccc3c2C(c2cc(F)ccc2Cl)NC3=O)n1. The first-order chi connectivity index (χ1) is 15.6. The molecule has 0 saturated heterocycles. The summed E-state index contributed by atoms with van der Waals surface area (Å²) in [7, 11) is 1.37. The molecule has 0 saturated carbocycles. The van der Waals surface area contributed by atoms with Gasteiger partial charge in [0.15, 0.2) is 0 Å². The molecule has 0 bridgehead atoms. The Kier molecular flexibility index (Phi) is 5.71. The first kappa shape index (κ1) is 22.5. The molecule has 1 atom stereocenters. The molecule has 2 aromatic carbocycles. The third kappa shape index (κ3) is 4.34. The van der Waals surface area contributed by atoms with Crippen molar-refractivity contribution in [2.75, 3.05) is 17.7 Å². The van der Waals surface area contributed by atoms with Crippen LogP contribution in [0.25, 0.3) is 0 Å². The number of anilines is 2. The van der Waals surface area contributed by atoms with Crippen molar-refractivity contribution in [1.82, 2.24) is 10.3 Å². The largest absolute Gasteiger partial charge is 0.416 e. The number of benzene rings is 2. The van der Waals surface area contributed by atoms with Gasteiger partial charge in [-0.2, -0.15) is 13.2 Å². The van der Waals surface area contributed by atoms with E-state index in [2.05, 4.69) is 20.9 Å². The fourth-order valence-electron chi connectivity index (χ4n) is 3.56. The third-order valence-electron chi connectivity index (χ3n) is 5.07. The minimum Gasteiger partial charge on any atom is -0.373 e. The molecule has 0 radical (unpaired) electrons. The number of amides is 2. The molecule has 1 aliphatic heterocycles. The molecule has 3 N–H and O–H groups in total. The second kappa shape index (κ2) is 8.36. The number of carbonyl (C=O) groups excluding carboxylic acids is 2. The number of fused-ring (bicyclic) bond motifs is 1. The Balaban J connectivity index is 1.75. The summed E-state index contributed by atoms with van der Waals surface area (Å²) in [6.07, 6.45) is -4.69. The summed E-state index contributed by atoms with van der Waals surface area (Å²) < 4.78 is 53.6. The first-order valence-electron chi connectivity index (χ1n) is 9.55. The highest BCUT2D eigenvalue weighted by molar-refractivity contribution is 6.31. The van der Waals surface area contributed by atoms with Crippen molar-refractivity contribution >= 4 is 34.9 Å². The second-order valence-corrected chi connectivity index (χ2v) is 7.57. The van der Waals surface area contributed by atoms with E-state index in [0.717, 1.165) is 18.2 Å². The number of rotatable bonds is 4. The number of hydrogen-bond donors (Lipinski definition) is 3. The Morgan fingerprint density at radius 2 is 1.91 bits per heavy atom. The Bertz CT molecular complexity index is 1280. The van der Waals surface area contributed by atoms with E-state index in [-0.39, 0.29) is 27.7 Å². The summed E-state index contributed by atoms with van der Waals surface area (Å²) in [6, 6.07) is 8.68. The first-order valence-corrected chi connectivity index (χ1v) is 9.93. The molecule has 1 aromatic heterocycles. The molecule has 4 rings (SSSR count). The van der Waals surface area contributed by atoms with Crippen molar-refractivity contribution in [3.05, 3.63) is 87.3 Å². The van der Waals surface area contributed by atoms with Crippen LogP contribution in [0, 0.1) is 5.82 Å². The fourth-order valence-corrected chi connectivity index (χ4v) is 3.78. The van der Waals surface area contributed by atoms with Gasteiger partial charge in [0.25, 0.3) is 11.8 Å². The van der Waals surface area contributed by atoms with Crippen LogP contribution in [0.1, 0.15) is 43.6 Å². The van der Waals surface area contributed by atoms with E-state index in [1.165, 1.54) is 31.3 Å². The van der Waals surface area contributed by atoms with Gasteiger partial charge in [-0.3, -0.25) is 9.59 Å². The number of halogens is 5. The van der Waals surface area contributed by atoms with Crippen LogP contribution in [-0.2, 0) is 6.18 Å². The number of alkyl halides is 3. The van der Waals surface area contributed by atoms with Crippen LogP contribution in [0.4, 0.5) is 29.1 Å². The number of carbonyl (C=O) groups is 2. The van der Waals surface area contributed by atoms with E-state index in [4.69, 9.17) is 11.6 Å². The zero-order valence-electron chi connectivity index (χ0n) is 16.8. The molecule has 11 heteroatoms. The van der Waals surface area contributed by atoms with Crippen LogP contribution < -0.4 is 16.0 Å². The Morgan fingerprint density at radius 3 is 2.61 bits per heavy atom. The lowest BCUT2D eigenvalue weighted by atomic mass is 9.96. The molecule has 1 aliphatic rings. The molecule has 6 nitrogen and oxygen atoms in total. The summed E-state index contributed by atoms with van der Waals surface area (Å²) >= 11 is 6.21. The van der Waals surface area contributed by atoms with E-state index in [1.54, 1.807) is 0 Å². The molecule has 3 aromatic rings. The molecular formula is C22H15ClF4N4O2. The lowest BCUT2D eigenvalue weighted by Gasteiger charge is -2.18. The average Bonchev–Trinajstić information content (AvgIpc) is 3.11. The van der Waals surface area contributed by atoms with Gasteiger partial charge in [-0.25, -0.2) is 9.37 Å². The van der Waals surface area contributed by atoms with Crippen LogP contribution in [0.2, 0.25) is 5.02 Å². The van der Waals surface area contributed by atoms with E-state index in [0.29, 0.717) is 11.6 Å². The highest BCUT2D eigenvalue weighted by Gasteiger charge is 2.35. The van der Waals surface area contributed by atoms with Gasteiger partial charge in [-0.1, -0.05) is 17.7 Å². The Hall–Kier alpha value is -3.66. The Morgan fingerprint density at radius 1 is 1.15 bits per heavy atom. The molecule has 1 unspecified atom stereocenters. The lowest BCUT2D eigenvalue weighted by Crippen LogP contribution is -2.21. The van der Waals surface area contributed by atoms with Crippen LogP contribution in [0.3, 0.4) is 0 Å². The van der Waals surface area contributed by atoms with Crippen LogP contribution >= 0.6 is 11.6 Å². The summed E-state index contributed by atoms with van der Waals surface area (Å²) in [5.41, 5.74) is -0.599. The zero-order valence-corrected chi connectivity index (χ0v) is 17.6. The highest BCUT2D eigenvalue weighted by Crippen LogP contribution is 2.39. The van der Waals surface area contributed by atoms with Crippen molar-refractivity contribution < 1.29 is 27.2 Å².